The molecule has 0 spiro atoms. The number of hydrogen-bond donors (Lipinski definition) is 1. The lowest BCUT2D eigenvalue weighted by molar-refractivity contribution is -0.138. The van der Waals surface area contributed by atoms with Gasteiger partial charge in [0.2, 0.25) is 11.8 Å². The molecule has 0 aliphatic rings. The average molecular weight is 306 g/mol. The smallest absolute Gasteiger partial charge is 0.335 e. The van der Waals surface area contributed by atoms with Crippen molar-refractivity contribution in [1.29, 1.82) is 0 Å². The van der Waals surface area contributed by atoms with Crippen molar-refractivity contribution < 1.29 is 19.5 Å². The van der Waals surface area contributed by atoms with Gasteiger partial charge in [0.25, 0.3) is 0 Å². The van der Waals surface area contributed by atoms with Gasteiger partial charge in [-0.3, -0.25) is 9.59 Å². The van der Waals surface area contributed by atoms with E-state index >= 15 is 0 Å². The van der Waals surface area contributed by atoms with Crippen molar-refractivity contribution in [2.75, 3.05) is 26.7 Å². The molecule has 0 unspecified atom stereocenters. The summed E-state index contributed by atoms with van der Waals surface area (Å²) in [6.07, 6.45) is -0.0372. The van der Waals surface area contributed by atoms with Crippen LogP contribution >= 0.6 is 0 Å². The van der Waals surface area contributed by atoms with Crippen LogP contribution in [0.25, 0.3) is 0 Å². The number of rotatable bonds is 7. The lowest BCUT2D eigenvalue weighted by Gasteiger charge is -2.23. The Morgan fingerprint density at radius 2 is 1.64 bits per heavy atom. The van der Waals surface area contributed by atoms with Crippen LogP contribution in [0.5, 0.6) is 0 Å². The molecule has 6 nitrogen and oxygen atoms in total. The summed E-state index contributed by atoms with van der Waals surface area (Å²) in [5.41, 5.74) is 0.557. The topological polar surface area (TPSA) is 77.9 Å². The summed E-state index contributed by atoms with van der Waals surface area (Å²) in [6, 6.07) is 6.38. The fourth-order valence-corrected chi connectivity index (χ4v) is 2.15. The van der Waals surface area contributed by atoms with Crippen LogP contribution in [0.15, 0.2) is 24.3 Å². The van der Waals surface area contributed by atoms with Crippen molar-refractivity contribution in [3.05, 3.63) is 35.4 Å². The second-order valence-electron chi connectivity index (χ2n) is 4.95. The molecule has 6 heteroatoms. The maximum Gasteiger partial charge on any atom is 0.335 e. The molecule has 22 heavy (non-hydrogen) atoms. The highest BCUT2D eigenvalue weighted by molar-refractivity contribution is 5.92. The van der Waals surface area contributed by atoms with Crippen molar-refractivity contribution in [2.24, 2.45) is 0 Å². The van der Waals surface area contributed by atoms with Gasteiger partial charge in [-0.15, -0.1) is 0 Å². The lowest BCUT2D eigenvalue weighted by Crippen LogP contribution is -2.41. The Hall–Kier alpha value is -2.37. The quantitative estimate of drug-likeness (QED) is 0.822. The molecule has 0 aliphatic carbocycles. The Kier molecular flexibility index (Phi) is 6.56. The first-order chi connectivity index (χ1) is 10.4. The Morgan fingerprint density at radius 1 is 1.05 bits per heavy atom. The lowest BCUT2D eigenvalue weighted by atomic mass is 10.0. The van der Waals surface area contributed by atoms with Crippen LogP contribution < -0.4 is 0 Å². The van der Waals surface area contributed by atoms with E-state index in [1.54, 1.807) is 30.1 Å². The fourth-order valence-electron chi connectivity index (χ4n) is 2.15. The number of carboxylic acids is 1. The maximum atomic E-state index is 12.2. The largest absolute Gasteiger partial charge is 0.478 e. The number of carbonyl (C=O) groups excluding carboxylic acids is 2. The van der Waals surface area contributed by atoms with Crippen LogP contribution in [0.2, 0.25) is 0 Å². The van der Waals surface area contributed by atoms with E-state index < -0.39 is 5.97 Å². The zero-order valence-corrected chi connectivity index (χ0v) is 13.2. The molecule has 0 aromatic heterocycles. The molecule has 1 aromatic rings. The minimum Gasteiger partial charge on any atom is -0.478 e. The first-order valence-electron chi connectivity index (χ1n) is 7.23. The monoisotopic (exact) mass is 306 g/mol. The molecule has 0 fully saturated rings. The van der Waals surface area contributed by atoms with Gasteiger partial charge in [-0.25, -0.2) is 4.79 Å². The van der Waals surface area contributed by atoms with Gasteiger partial charge in [0.15, 0.2) is 0 Å². The highest BCUT2D eigenvalue weighted by atomic mass is 16.4. The third kappa shape index (κ3) is 4.58. The molecule has 0 saturated carbocycles. The highest BCUT2D eigenvalue weighted by Crippen LogP contribution is 2.10. The van der Waals surface area contributed by atoms with Gasteiger partial charge in [-0.05, 0) is 25.5 Å². The van der Waals surface area contributed by atoms with E-state index in [9.17, 15) is 14.4 Å². The van der Waals surface area contributed by atoms with Crippen LogP contribution in [0.1, 0.15) is 29.8 Å². The molecule has 2 amide bonds. The van der Waals surface area contributed by atoms with Gasteiger partial charge in [-0.1, -0.05) is 18.2 Å². The zero-order valence-electron chi connectivity index (χ0n) is 13.2. The molecule has 1 rings (SSSR count). The van der Waals surface area contributed by atoms with Gasteiger partial charge in [0.05, 0.1) is 18.5 Å². The van der Waals surface area contributed by atoms with Crippen molar-refractivity contribution in [3.63, 3.8) is 0 Å². The van der Waals surface area contributed by atoms with E-state index in [-0.39, 0.29) is 30.3 Å². The van der Waals surface area contributed by atoms with Gasteiger partial charge < -0.3 is 14.9 Å². The standard InChI is InChI=1S/C16H22N2O4/c1-4-18(5-2)15(20)11-17(3)14(19)10-12-8-6-7-9-13(12)16(21)22/h6-9H,4-5,10-11H2,1-3H3,(H,21,22). The van der Waals surface area contributed by atoms with Crippen LogP contribution in [0, 0.1) is 0 Å². The number of carbonyl (C=O) groups is 3. The molecule has 1 N–H and O–H groups in total. The first-order valence-corrected chi connectivity index (χ1v) is 7.23. The first kappa shape index (κ1) is 17.7. The minimum absolute atomic E-state index is 0.00421. The fraction of sp³-hybridized carbons (Fsp3) is 0.438. The molecule has 0 bridgehead atoms. The van der Waals surface area contributed by atoms with E-state index in [4.69, 9.17) is 5.11 Å². The van der Waals surface area contributed by atoms with E-state index in [2.05, 4.69) is 0 Å². The second-order valence-corrected chi connectivity index (χ2v) is 4.95. The Bertz CT molecular complexity index is 553. The van der Waals surface area contributed by atoms with Crippen molar-refractivity contribution in [3.8, 4) is 0 Å². The third-order valence-corrected chi connectivity index (χ3v) is 3.50. The van der Waals surface area contributed by atoms with Crippen molar-refractivity contribution in [2.45, 2.75) is 20.3 Å². The molecule has 0 saturated heterocycles. The Labute approximate surface area is 130 Å². The molecule has 0 radical (unpaired) electrons. The minimum atomic E-state index is -1.06. The maximum absolute atomic E-state index is 12.2. The number of hydrogen-bond acceptors (Lipinski definition) is 3. The normalized spacial score (nSPS) is 10.1. The van der Waals surface area contributed by atoms with E-state index in [0.717, 1.165) is 0 Å². The summed E-state index contributed by atoms with van der Waals surface area (Å²) in [5, 5.41) is 9.11. The highest BCUT2D eigenvalue weighted by Gasteiger charge is 2.19. The second kappa shape index (κ2) is 8.17. The van der Waals surface area contributed by atoms with Gasteiger partial charge in [0, 0.05) is 20.1 Å². The molecule has 120 valence electrons. The zero-order chi connectivity index (χ0) is 16.7. The van der Waals surface area contributed by atoms with Crippen LogP contribution in [-0.2, 0) is 16.0 Å². The number of nitrogens with zero attached hydrogens (tertiary/aromatic N) is 2. The average Bonchev–Trinajstić information content (AvgIpc) is 2.48. The van der Waals surface area contributed by atoms with Crippen molar-refractivity contribution >= 4 is 17.8 Å². The Balaban J connectivity index is 2.73. The number of benzene rings is 1. The van der Waals surface area contributed by atoms with Gasteiger partial charge in [0.1, 0.15) is 0 Å². The predicted molar refractivity (Wildman–Crippen MR) is 82.7 cm³/mol. The van der Waals surface area contributed by atoms with Crippen LogP contribution in [0.4, 0.5) is 0 Å². The van der Waals surface area contributed by atoms with E-state index in [0.29, 0.717) is 18.7 Å². The molecule has 0 heterocycles. The SMILES string of the molecule is CCN(CC)C(=O)CN(C)C(=O)Cc1ccccc1C(=O)O. The van der Waals surface area contributed by atoms with Crippen LogP contribution in [0.3, 0.4) is 0 Å². The number of carboxylic acid groups (broad SMARTS) is 1. The summed E-state index contributed by atoms with van der Waals surface area (Å²) in [5.74, 6) is -1.47. The molecule has 0 aliphatic heterocycles. The number of aromatic carboxylic acids is 1. The van der Waals surface area contributed by atoms with E-state index in [1.807, 2.05) is 13.8 Å². The van der Waals surface area contributed by atoms with Crippen molar-refractivity contribution in [1.82, 2.24) is 9.80 Å². The summed E-state index contributed by atoms with van der Waals surface area (Å²) >= 11 is 0. The Morgan fingerprint density at radius 3 is 2.18 bits per heavy atom. The summed E-state index contributed by atoms with van der Waals surface area (Å²) in [4.78, 5) is 38.3. The number of amides is 2. The molecule has 0 atom stereocenters. The van der Waals surface area contributed by atoms with E-state index in [1.165, 1.54) is 11.0 Å². The molecule has 1 aromatic carbocycles. The third-order valence-electron chi connectivity index (χ3n) is 3.50. The van der Waals surface area contributed by atoms with Gasteiger partial charge in [-0.2, -0.15) is 0 Å². The summed E-state index contributed by atoms with van der Waals surface area (Å²) in [7, 11) is 1.55. The predicted octanol–water partition coefficient (Wildman–Crippen LogP) is 1.25. The van der Waals surface area contributed by atoms with Crippen LogP contribution in [-0.4, -0.2) is 59.4 Å². The van der Waals surface area contributed by atoms with Gasteiger partial charge >= 0.3 is 5.97 Å². The molecular weight excluding hydrogens is 284 g/mol. The summed E-state index contributed by atoms with van der Waals surface area (Å²) in [6.45, 7) is 4.95. The molecular formula is C16H22N2O4. The summed E-state index contributed by atoms with van der Waals surface area (Å²) < 4.78 is 0. The number of likely N-dealkylation sites (N-methyl/N-ethyl adjacent to an activating group) is 2.